The fourth-order valence-corrected chi connectivity index (χ4v) is 2.93. The first kappa shape index (κ1) is 21.5. The van der Waals surface area contributed by atoms with Crippen molar-refractivity contribution in [3.63, 3.8) is 0 Å². The summed E-state index contributed by atoms with van der Waals surface area (Å²) in [6, 6.07) is 9.66. The Hall–Kier alpha value is -3.22. The second kappa shape index (κ2) is 8.26. The molecule has 1 aromatic heterocycles. The summed E-state index contributed by atoms with van der Waals surface area (Å²) in [6.07, 6.45) is 1.60. The van der Waals surface area contributed by atoms with Crippen molar-refractivity contribution in [3.05, 3.63) is 62.5 Å². The lowest BCUT2D eigenvalue weighted by atomic mass is 9.87. The predicted octanol–water partition coefficient (Wildman–Crippen LogP) is 4.53. The molecule has 1 atom stereocenters. The Balaban J connectivity index is 1.81. The number of nitrogens with one attached hydrogen (secondary N) is 3. The van der Waals surface area contributed by atoms with Gasteiger partial charge >= 0.3 is 0 Å². The van der Waals surface area contributed by atoms with Crippen molar-refractivity contribution in [2.75, 3.05) is 16.0 Å². The van der Waals surface area contributed by atoms with Gasteiger partial charge in [0.1, 0.15) is 17.2 Å². The van der Waals surface area contributed by atoms with Crippen LogP contribution in [0, 0.1) is 5.41 Å². The summed E-state index contributed by atoms with van der Waals surface area (Å²) in [4.78, 5) is 32.9. The zero-order chi connectivity index (χ0) is 22.1. The summed E-state index contributed by atoms with van der Waals surface area (Å²) in [6.45, 7) is 12.4. The lowest BCUT2D eigenvalue weighted by molar-refractivity contribution is 0.359. The van der Waals surface area contributed by atoms with Crippen LogP contribution < -0.4 is 26.8 Å². The third-order valence-corrected chi connectivity index (χ3v) is 5.31. The molecule has 7 heteroatoms. The Kier molecular flexibility index (Phi) is 5.92. The summed E-state index contributed by atoms with van der Waals surface area (Å²) < 4.78 is 0. The zero-order valence-corrected chi connectivity index (χ0v) is 18.3. The minimum absolute atomic E-state index is 0.0107. The molecule has 0 aliphatic carbocycles. The van der Waals surface area contributed by atoms with Gasteiger partial charge in [-0.05, 0) is 36.0 Å². The van der Waals surface area contributed by atoms with E-state index < -0.39 is 10.9 Å². The Morgan fingerprint density at radius 3 is 2.23 bits per heavy atom. The minimum Gasteiger partial charge on any atom is -0.377 e. The van der Waals surface area contributed by atoms with Crippen molar-refractivity contribution in [2.45, 2.75) is 53.5 Å². The first-order valence-corrected chi connectivity index (χ1v) is 10.1. The molecule has 1 heterocycles. The number of hydrogen-bond acceptors (Lipinski definition) is 7. The third-order valence-electron chi connectivity index (χ3n) is 5.31. The maximum Gasteiger partial charge on any atom is 0.253 e. The van der Waals surface area contributed by atoms with E-state index in [0.717, 1.165) is 11.3 Å². The van der Waals surface area contributed by atoms with E-state index in [1.54, 1.807) is 12.3 Å². The molecule has 0 bridgehead atoms. The van der Waals surface area contributed by atoms with Crippen LogP contribution >= 0.6 is 0 Å². The molecule has 0 radical (unpaired) electrons. The van der Waals surface area contributed by atoms with Crippen molar-refractivity contribution in [3.8, 4) is 0 Å². The zero-order valence-electron chi connectivity index (χ0n) is 18.3. The summed E-state index contributed by atoms with van der Waals surface area (Å²) >= 11 is 0. The molecule has 3 rings (SSSR count). The normalized spacial score (nSPS) is 12.8. The molecule has 0 aliphatic rings. The van der Waals surface area contributed by atoms with Crippen LogP contribution in [0.4, 0.5) is 28.8 Å². The maximum atomic E-state index is 12.1. The first-order valence-electron chi connectivity index (χ1n) is 10.1. The van der Waals surface area contributed by atoms with E-state index in [4.69, 9.17) is 0 Å². The Morgan fingerprint density at radius 2 is 1.57 bits per heavy atom. The second-order valence-corrected chi connectivity index (χ2v) is 8.90. The number of hydrogen-bond donors (Lipinski definition) is 3. The van der Waals surface area contributed by atoms with Crippen LogP contribution in [0.3, 0.4) is 0 Å². The molecule has 30 heavy (non-hydrogen) atoms. The highest BCUT2D eigenvalue weighted by atomic mass is 16.2. The van der Waals surface area contributed by atoms with Crippen molar-refractivity contribution >= 4 is 28.8 Å². The van der Waals surface area contributed by atoms with Gasteiger partial charge in [0, 0.05) is 17.9 Å². The minimum atomic E-state index is -0.545. The average Bonchev–Trinajstić information content (AvgIpc) is 2.70. The molecule has 0 unspecified atom stereocenters. The number of rotatable bonds is 7. The maximum absolute atomic E-state index is 12.1. The second-order valence-electron chi connectivity index (χ2n) is 8.90. The van der Waals surface area contributed by atoms with E-state index in [-0.39, 0.29) is 17.1 Å². The molecule has 3 N–H and O–H groups in total. The Morgan fingerprint density at radius 1 is 0.900 bits per heavy atom. The summed E-state index contributed by atoms with van der Waals surface area (Å²) in [5.74, 6) is 1.19. The van der Waals surface area contributed by atoms with Gasteiger partial charge in [0.15, 0.2) is 0 Å². The van der Waals surface area contributed by atoms with E-state index in [1.807, 2.05) is 25.1 Å². The van der Waals surface area contributed by atoms with E-state index >= 15 is 0 Å². The molecule has 0 aliphatic heterocycles. The monoisotopic (exact) mass is 407 g/mol. The van der Waals surface area contributed by atoms with E-state index in [1.165, 1.54) is 0 Å². The summed E-state index contributed by atoms with van der Waals surface area (Å²) in [7, 11) is 0. The van der Waals surface area contributed by atoms with Crippen LogP contribution in [-0.2, 0) is 0 Å². The molecule has 2 aromatic carbocycles. The molecule has 0 saturated heterocycles. The summed E-state index contributed by atoms with van der Waals surface area (Å²) in [5.41, 5.74) is 1.52. The van der Waals surface area contributed by atoms with Gasteiger partial charge in [0.2, 0.25) is 5.95 Å². The van der Waals surface area contributed by atoms with Crippen molar-refractivity contribution < 1.29 is 0 Å². The van der Waals surface area contributed by atoms with Crippen LogP contribution in [0.1, 0.15) is 53.0 Å². The molecular formula is C23H29N5O2. The van der Waals surface area contributed by atoms with Gasteiger partial charge in [0.05, 0.1) is 0 Å². The predicted molar refractivity (Wildman–Crippen MR) is 123 cm³/mol. The van der Waals surface area contributed by atoms with Gasteiger partial charge in [-0.2, -0.15) is 4.98 Å². The highest BCUT2D eigenvalue weighted by Crippen LogP contribution is 2.28. The third kappa shape index (κ3) is 4.50. The Bertz CT molecular complexity index is 1110. The molecule has 0 fully saturated rings. The number of aromatic nitrogens is 2. The number of nitrogens with zero attached hydrogens (tertiary/aromatic N) is 2. The molecular weight excluding hydrogens is 378 g/mol. The Labute approximate surface area is 176 Å². The smallest absolute Gasteiger partial charge is 0.253 e. The van der Waals surface area contributed by atoms with E-state index in [9.17, 15) is 9.59 Å². The van der Waals surface area contributed by atoms with Crippen LogP contribution in [-0.4, -0.2) is 16.0 Å². The SMILES string of the molecule is CC(C)c1ccccc1Nc1nccc(Nc2c(N[C@H](C)C(C)(C)C)c(=O)c2=O)n1. The van der Waals surface area contributed by atoms with Gasteiger partial charge in [-0.25, -0.2) is 4.98 Å². The van der Waals surface area contributed by atoms with Crippen molar-refractivity contribution in [1.82, 2.24) is 9.97 Å². The topological polar surface area (TPSA) is 96.0 Å². The van der Waals surface area contributed by atoms with Crippen molar-refractivity contribution in [1.29, 1.82) is 0 Å². The van der Waals surface area contributed by atoms with Crippen LogP contribution in [0.25, 0.3) is 0 Å². The van der Waals surface area contributed by atoms with Gasteiger partial charge in [0.25, 0.3) is 10.9 Å². The summed E-state index contributed by atoms with van der Waals surface area (Å²) in [5, 5.41) is 9.39. The molecule has 0 saturated carbocycles. The average molecular weight is 408 g/mol. The fourth-order valence-electron chi connectivity index (χ4n) is 2.93. The van der Waals surface area contributed by atoms with Gasteiger partial charge < -0.3 is 16.0 Å². The molecule has 0 spiro atoms. The largest absolute Gasteiger partial charge is 0.377 e. The molecule has 7 nitrogen and oxygen atoms in total. The molecule has 158 valence electrons. The standard InChI is InChI=1S/C23H29N5O2/c1-13(2)15-9-7-8-10-16(15)26-22-24-12-11-17(28-22)27-19-18(20(29)21(19)30)25-14(3)23(4,5)6/h7-14,25H,1-6H3,(H2,24,26,27,28)/t14-/m1/s1. The van der Waals surface area contributed by atoms with E-state index in [0.29, 0.717) is 23.4 Å². The molecule has 0 amide bonds. The molecule has 3 aromatic rings. The lowest BCUT2D eigenvalue weighted by Crippen LogP contribution is -2.41. The number of benzene rings is 1. The van der Waals surface area contributed by atoms with Crippen LogP contribution in [0.5, 0.6) is 0 Å². The highest BCUT2D eigenvalue weighted by molar-refractivity contribution is 5.78. The van der Waals surface area contributed by atoms with Gasteiger partial charge in [-0.3, -0.25) is 9.59 Å². The van der Waals surface area contributed by atoms with Crippen LogP contribution in [0.15, 0.2) is 46.1 Å². The van der Waals surface area contributed by atoms with E-state index in [2.05, 4.69) is 66.6 Å². The first-order chi connectivity index (χ1) is 14.1. The highest BCUT2D eigenvalue weighted by Gasteiger charge is 2.27. The fraction of sp³-hybridized carbons (Fsp3) is 0.391. The van der Waals surface area contributed by atoms with Gasteiger partial charge in [-0.1, -0.05) is 52.8 Å². The quantitative estimate of drug-likeness (QED) is 0.495. The van der Waals surface area contributed by atoms with Crippen LogP contribution in [0.2, 0.25) is 0 Å². The lowest BCUT2D eigenvalue weighted by Gasteiger charge is -2.30. The number of para-hydroxylation sites is 1. The van der Waals surface area contributed by atoms with Crippen molar-refractivity contribution in [2.24, 2.45) is 5.41 Å². The van der Waals surface area contributed by atoms with Gasteiger partial charge in [-0.15, -0.1) is 0 Å². The number of anilines is 5.